The lowest BCUT2D eigenvalue weighted by Gasteiger charge is -2.21. The van der Waals surface area contributed by atoms with Crippen molar-refractivity contribution in [2.75, 3.05) is 13.7 Å². The van der Waals surface area contributed by atoms with Gasteiger partial charge in [-0.05, 0) is 38.3 Å². The summed E-state index contributed by atoms with van der Waals surface area (Å²) in [6, 6.07) is 8.67. The largest absolute Gasteiger partial charge is 0.496 e. The summed E-state index contributed by atoms with van der Waals surface area (Å²) in [7, 11) is 1.75. The Morgan fingerprint density at radius 1 is 1.16 bits per heavy atom. The molecule has 1 aliphatic carbocycles. The first-order valence-corrected chi connectivity index (χ1v) is 7.67. The predicted octanol–water partition coefficient (Wildman–Crippen LogP) is 4.32. The maximum absolute atomic E-state index is 5.44. The fourth-order valence-corrected chi connectivity index (χ4v) is 3.05. The van der Waals surface area contributed by atoms with Crippen molar-refractivity contribution in [2.45, 2.75) is 51.5 Å². The first-order valence-electron chi connectivity index (χ1n) is 7.67. The second-order valence-electron chi connectivity index (χ2n) is 5.73. The molecule has 0 heterocycles. The van der Waals surface area contributed by atoms with E-state index in [-0.39, 0.29) is 0 Å². The SMILES string of the molecule is COc1ccccc1C(C)NCC1CCCCCC1. The third-order valence-electron chi connectivity index (χ3n) is 4.29. The Kier molecular flexibility index (Phi) is 5.71. The van der Waals surface area contributed by atoms with E-state index in [1.165, 1.54) is 44.1 Å². The van der Waals surface area contributed by atoms with Crippen LogP contribution in [0.2, 0.25) is 0 Å². The molecule has 1 unspecified atom stereocenters. The van der Waals surface area contributed by atoms with E-state index < -0.39 is 0 Å². The van der Waals surface area contributed by atoms with E-state index in [1.807, 2.05) is 12.1 Å². The number of para-hydroxylation sites is 1. The van der Waals surface area contributed by atoms with Crippen LogP contribution in [0.25, 0.3) is 0 Å². The Hall–Kier alpha value is -1.02. The van der Waals surface area contributed by atoms with Crippen molar-refractivity contribution in [3.8, 4) is 5.75 Å². The highest BCUT2D eigenvalue weighted by Gasteiger charge is 2.15. The maximum atomic E-state index is 5.44. The summed E-state index contributed by atoms with van der Waals surface area (Å²) in [5.41, 5.74) is 1.26. The van der Waals surface area contributed by atoms with E-state index in [9.17, 15) is 0 Å². The van der Waals surface area contributed by atoms with Gasteiger partial charge in [0.1, 0.15) is 5.75 Å². The molecule has 0 aromatic heterocycles. The summed E-state index contributed by atoms with van der Waals surface area (Å²) in [6.07, 6.45) is 8.47. The highest BCUT2D eigenvalue weighted by atomic mass is 16.5. The van der Waals surface area contributed by atoms with Gasteiger partial charge in [-0.1, -0.05) is 43.9 Å². The maximum Gasteiger partial charge on any atom is 0.123 e. The van der Waals surface area contributed by atoms with Crippen molar-refractivity contribution in [2.24, 2.45) is 5.92 Å². The van der Waals surface area contributed by atoms with Crippen molar-refractivity contribution < 1.29 is 4.74 Å². The van der Waals surface area contributed by atoms with Gasteiger partial charge in [-0.25, -0.2) is 0 Å². The summed E-state index contributed by atoms with van der Waals surface area (Å²) in [6.45, 7) is 3.37. The van der Waals surface area contributed by atoms with Gasteiger partial charge in [-0.2, -0.15) is 0 Å². The van der Waals surface area contributed by atoms with Gasteiger partial charge in [0.15, 0.2) is 0 Å². The van der Waals surface area contributed by atoms with Crippen LogP contribution in [0, 0.1) is 5.92 Å². The van der Waals surface area contributed by atoms with Gasteiger partial charge in [-0.15, -0.1) is 0 Å². The minimum Gasteiger partial charge on any atom is -0.496 e. The first kappa shape index (κ1) is 14.4. The van der Waals surface area contributed by atoms with Crippen LogP contribution >= 0.6 is 0 Å². The van der Waals surface area contributed by atoms with Crippen LogP contribution in [0.15, 0.2) is 24.3 Å². The minimum absolute atomic E-state index is 0.361. The van der Waals surface area contributed by atoms with Crippen LogP contribution in [-0.4, -0.2) is 13.7 Å². The normalized spacial score (nSPS) is 18.8. The zero-order valence-corrected chi connectivity index (χ0v) is 12.3. The molecule has 0 bridgehead atoms. The quantitative estimate of drug-likeness (QED) is 0.797. The number of benzene rings is 1. The smallest absolute Gasteiger partial charge is 0.123 e. The second-order valence-corrected chi connectivity index (χ2v) is 5.73. The lowest BCUT2D eigenvalue weighted by Crippen LogP contribution is -2.25. The Morgan fingerprint density at radius 3 is 2.53 bits per heavy atom. The molecule has 1 atom stereocenters. The van der Waals surface area contributed by atoms with Crippen molar-refractivity contribution >= 4 is 0 Å². The minimum atomic E-state index is 0.361. The van der Waals surface area contributed by atoms with E-state index in [2.05, 4.69) is 24.4 Å². The number of methoxy groups -OCH3 is 1. The highest BCUT2D eigenvalue weighted by Crippen LogP contribution is 2.26. The summed E-state index contributed by atoms with van der Waals surface area (Å²) in [5.74, 6) is 1.85. The monoisotopic (exact) mass is 261 g/mol. The standard InChI is InChI=1S/C17H27NO/c1-14(16-11-7-8-12-17(16)19-2)18-13-15-9-5-3-4-6-10-15/h7-8,11-12,14-15,18H,3-6,9-10,13H2,1-2H3. The fourth-order valence-electron chi connectivity index (χ4n) is 3.05. The molecule has 1 aromatic rings. The number of hydrogen-bond acceptors (Lipinski definition) is 2. The van der Waals surface area contributed by atoms with Gasteiger partial charge in [0.05, 0.1) is 7.11 Å². The Bertz CT molecular complexity index is 369. The third kappa shape index (κ3) is 4.24. The molecule has 0 saturated heterocycles. The van der Waals surface area contributed by atoms with Gasteiger partial charge in [0.2, 0.25) is 0 Å². The molecular weight excluding hydrogens is 234 g/mol. The molecule has 2 rings (SSSR count). The van der Waals surface area contributed by atoms with Gasteiger partial charge < -0.3 is 10.1 Å². The zero-order valence-electron chi connectivity index (χ0n) is 12.3. The molecule has 19 heavy (non-hydrogen) atoms. The van der Waals surface area contributed by atoms with Crippen LogP contribution in [-0.2, 0) is 0 Å². The first-order chi connectivity index (χ1) is 9.31. The molecule has 106 valence electrons. The van der Waals surface area contributed by atoms with Crippen LogP contribution in [0.1, 0.15) is 57.1 Å². The predicted molar refractivity (Wildman–Crippen MR) is 80.6 cm³/mol. The highest BCUT2D eigenvalue weighted by molar-refractivity contribution is 5.35. The molecule has 2 nitrogen and oxygen atoms in total. The van der Waals surface area contributed by atoms with Crippen LogP contribution in [0.5, 0.6) is 5.75 Å². The zero-order chi connectivity index (χ0) is 13.5. The van der Waals surface area contributed by atoms with E-state index in [1.54, 1.807) is 7.11 Å². The molecule has 0 amide bonds. The van der Waals surface area contributed by atoms with Gasteiger partial charge in [0.25, 0.3) is 0 Å². The van der Waals surface area contributed by atoms with Crippen LogP contribution in [0.3, 0.4) is 0 Å². The van der Waals surface area contributed by atoms with Gasteiger partial charge in [-0.3, -0.25) is 0 Å². The molecule has 1 N–H and O–H groups in total. The molecule has 2 heteroatoms. The van der Waals surface area contributed by atoms with Crippen LogP contribution in [0.4, 0.5) is 0 Å². The third-order valence-corrected chi connectivity index (χ3v) is 4.29. The Morgan fingerprint density at radius 2 is 1.84 bits per heavy atom. The van der Waals surface area contributed by atoms with E-state index >= 15 is 0 Å². The summed E-state index contributed by atoms with van der Waals surface area (Å²) >= 11 is 0. The molecule has 0 radical (unpaired) electrons. The number of ether oxygens (including phenoxy) is 1. The van der Waals surface area contributed by atoms with Crippen molar-refractivity contribution in [1.82, 2.24) is 5.32 Å². The number of rotatable bonds is 5. The molecule has 0 aliphatic heterocycles. The molecule has 1 aliphatic rings. The Labute approximate surface area is 117 Å². The summed E-state index contributed by atoms with van der Waals surface area (Å²) in [4.78, 5) is 0. The molecule has 1 aromatic carbocycles. The second kappa shape index (κ2) is 7.54. The van der Waals surface area contributed by atoms with Gasteiger partial charge >= 0.3 is 0 Å². The lowest BCUT2D eigenvalue weighted by molar-refractivity contribution is 0.382. The van der Waals surface area contributed by atoms with Crippen LogP contribution < -0.4 is 10.1 Å². The average Bonchev–Trinajstić information content (AvgIpc) is 2.73. The van der Waals surface area contributed by atoms with Crippen molar-refractivity contribution in [1.29, 1.82) is 0 Å². The van der Waals surface area contributed by atoms with Crippen molar-refractivity contribution in [3.05, 3.63) is 29.8 Å². The summed E-state index contributed by atoms with van der Waals surface area (Å²) < 4.78 is 5.44. The van der Waals surface area contributed by atoms with E-state index in [0.29, 0.717) is 6.04 Å². The number of nitrogens with one attached hydrogen (secondary N) is 1. The van der Waals surface area contributed by atoms with E-state index in [0.717, 1.165) is 18.2 Å². The van der Waals surface area contributed by atoms with E-state index in [4.69, 9.17) is 4.74 Å². The fraction of sp³-hybridized carbons (Fsp3) is 0.647. The Balaban J connectivity index is 1.87. The molecule has 1 fully saturated rings. The van der Waals surface area contributed by atoms with Crippen molar-refractivity contribution in [3.63, 3.8) is 0 Å². The lowest BCUT2D eigenvalue weighted by atomic mass is 9.99. The van der Waals surface area contributed by atoms with Gasteiger partial charge in [0, 0.05) is 11.6 Å². The molecule has 0 spiro atoms. The number of hydrogen-bond donors (Lipinski definition) is 1. The molecule has 1 saturated carbocycles. The summed E-state index contributed by atoms with van der Waals surface area (Å²) in [5, 5.41) is 3.69. The topological polar surface area (TPSA) is 21.3 Å². The average molecular weight is 261 g/mol. The molecular formula is C17H27NO.